The number of rotatable bonds is 2. The van der Waals surface area contributed by atoms with Crippen molar-refractivity contribution in [2.75, 3.05) is 12.8 Å². The normalized spacial score (nSPS) is 11.9. The first-order valence-electron chi connectivity index (χ1n) is 4.74. The minimum Gasteiger partial charge on any atom is -0.464 e. The first-order chi connectivity index (χ1) is 7.70. The van der Waals surface area contributed by atoms with Crippen LogP contribution in [0, 0.1) is 0 Å². The Kier molecular flexibility index (Phi) is 3.35. The summed E-state index contributed by atoms with van der Waals surface area (Å²) < 4.78 is 41.7. The fraction of sp³-hybridized carbons (Fsp3) is 0.556. The van der Waals surface area contributed by atoms with Gasteiger partial charge in [0, 0.05) is 5.56 Å². The first-order valence-corrected chi connectivity index (χ1v) is 4.74. The molecule has 0 spiro atoms. The number of aromatic nitrogens is 2. The quantitative estimate of drug-likeness (QED) is 0.814. The highest BCUT2D eigenvalue weighted by atomic mass is 19.4. The van der Waals surface area contributed by atoms with E-state index in [0.29, 0.717) is 0 Å². The van der Waals surface area contributed by atoms with Gasteiger partial charge < -0.3 is 10.5 Å². The second-order valence-corrected chi connectivity index (χ2v) is 3.67. The molecule has 0 aliphatic rings. The van der Waals surface area contributed by atoms with Gasteiger partial charge in [-0.1, -0.05) is 13.8 Å². The molecule has 0 amide bonds. The number of halogens is 3. The second kappa shape index (κ2) is 4.27. The lowest BCUT2D eigenvalue weighted by molar-refractivity contribution is -0.210. The zero-order chi connectivity index (χ0) is 13.4. The number of nitrogens with zero attached hydrogens (tertiary/aromatic N) is 2. The topological polar surface area (TPSA) is 70.1 Å². The van der Waals surface area contributed by atoms with Gasteiger partial charge in [0.25, 0.3) is 0 Å². The molecule has 0 aliphatic carbocycles. The van der Waals surface area contributed by atoms with Gasteiger partial charge in [0.2, 0.25) is 0 Å². The molecule has 0 unspecified atom stereocenters. The zero-order valence-electron chi connectivity index (χ0n) is 9.50. The smallest absolute Gasteiger partial charge is 0.464 e. The van der Waals surface area contributed by atoms with Crippen molar-refractivity contribution < 1.29 is 22.7 Å². The maximum Gasteiger partial charge on any atom is 0.506 e. The maximum atomic E-state index is 12.5. The van der Waals surface area contributed by atoms with E-state index in [9.17, 15) is 18.0 Å². The van der Waals surface area contributed by atoms with E-state index < -0.39 is 23.8 Å². The molecule has 5 nitrogen and oxygen atoms in total. The van der Waals surface area contributed by atoms with E-state index in [4.69, 9.17) is 5.73 Å². The van der Waals surface area contributed by atoms with Crippen LogP contribution in [0.3, 0.4) is 0 Å². The van der Waals surface area contributed by atoms with E-state index in [1.54, 1.807) is 13.8 Å². The summed E-state index contributed by atoms with van der Waals surface area (Å²) in [4.78, 5) is 11.3. The number of carbonyl (C=O) groups is 1. The molecule has 0 saturated heterocycles. The minimum atomic E-state index is -4.76. The molecular weight excluding hydrogens is 239 g/mol. The summed E-state index contributed by atoms with van der Waals surface area (Å²) >= 11 is 0. The van der Waals surface area contributed by atoms with Crippen molar-refractivity contribution in [1.82, 2.24) is 9.78 Å². The van der Waals surface area contributed by atoms with E-state index >= 15 is 0 Å². The van der Waals surface area contributed by atoms with Gasteiger partial charge in [-0.15, -0.1) is 13.2 Å². The van der Waals surface area contributed by atoms with Crippen LogP contribution in [0.2, 0.25) is 0 Å². The Morgan fingerprint density at radius 1 is 1.47 bits per heavy atom. The van der Waals surface area contributed by atoms with E-state index in [1.807, 2.05) is 0 Å². The van der Waals surface area contributed by atoms with Crippen LogP contribution in [-0.2, 0) is 11.0 Å². The lowest BCUT2D eigenvalue weighted by Crippen LogP contribution is -2.21. The van der Waals surface area contributed by atoms with E-state index in [2.05, 4.69) is 9.84 Å². The number of hydrogen-bond donors (Lipinski definition) is 1. The molecule has 17 heavy (non-hydrogen) atoms. The monoisotopic (exact) mass is 251 g/mol. The van der Waals surface area contributed by atoms with Crippen molar-refractivity contribution in [2.45, 2.75) is 26.1 Å². The number of carbonyl (C=O) groups excluding carboxylic acids is 1. The van der Waals surface area contributed by atoms with Crippen LogP contribution in [0.5, 0.6) is 0 Å². The molecule has 96 valence electrons. The molecule has 0 aliphatic heterocycles. The molecule has 0 saturated carbocycles. The summed E-state index contributed by atoms with van der Waals surface area (Å²) in [5.74, 6) is -1.91. The van der Waals surface area contributed by atoms with Crippen molar-refractivity contribution in [1.29, 1.82) is 0 Å². The fourth-order valence-electron chi connectivity index (χ4n) is 1.45. The van der Waals surface area contributed by atoms with Crippen molar-refractivity contribution in [3.63, 3.8) is 0 Å². The van der Waals surface area contributed by atoms with Crippen molar-refractivity contribution in [3.8, 4) is 0 Å². The summed E-state index contributed by atoms with van der Waals surface area (Å²) in [7, 11) is 1.06. The molecule has 0 aromatic carbocycles. The number of methoxy groups -OCH3 is 1. The summed E-state index contributed by atoms with van der Waals surface area (Å²) in [6.07, 6.45) is -4.76. The molecule has 0 fully saturated rings. The van der Waals surface area contributed by atoms with Crippen LogP contribution < -0.4 is 5.73 Å². The summed E-state index contributed by atoms with van der Waals surface area (Å²) in [5, 5.41) is 3.17. The van der Waals surface area contributed by atoms with Crippen LogP contribution in [0.25, 0.3) is 0 Å². The van der Waals surface area contributed by atoms with Gasteiger partial charge in [-0.2, -0.15) is 9.78 Å². The van der Waals surface area contributed by atoms with Gasteiger partial charge >= 0.3 is 12.3 Å². The number of ether oxygens (including phenoxy) is 1. The minimum absolute atomic E-state index is 0.0363. The molecule has 0 bridgehead atoms. The van der Waals surface area contributed by atoms with Crippen molar-refractivity contribution in [2.24, 2.45) is 0 Å². The van der Waals surface area contributed by atoms with Gasteiger partial charge in [-0.05, 0) is 5.92 Å². The van der Waals surface area contributed by atoms with E-state index in [-0.39, 0.29) is 16.2 Å². The van der Waals surface area contributed by atoms with Gasteiger partial charge in [0.15, 0.2) is 5.69 Å². The first kappa shape index (κ1) is 13.3. The predicted octanol–water partition coefficient (Wildman–Crippen LogP) is 1.85. The third-order valence-corrected chi connectivity index (χ3v) is 2.16. The number of nitrogen functional groups attached to an aromatic ring is 1. The number of alkyl halides is 3. The molecule has 1 aromatic rings. The Hall–Kier alpha value is -1.73. The highest BCUT2D eigenvalue weighted by molar-refractivity contribution is 5.90. The van der Waals surface area contributed by atoms with Gasteiger partial charge in [-0.25, -0.2) is 4.79 Å². The van der Waals surface area contributed by atoms with Crippen LogP contribution in [0.4, 0.5) is 19.0 Å². The summed E-state index contributed by atoms with van der Waals surface area (Å²) in [6.45, 7) is 3.22. The van der Waals surface area contributed by atoms with Gasteiger partial charge in [0.05, 0.1) is 7.11 Å². The lowest BCUT2D eigenvalue weighted by atomic mass is 10.0. The largest absolute Gasteiger partial charge is 0.506 e. The molecule has 2 N–H and O–H groups in total. The molecule has 1 aromatic heterocycles. The standard InChI is InChI=1S/C9H12F3N3O2/c1-4(2)5-6(8(16)17-3)14-15(7(5)13)9(10,11)12/h4H,13H2,1-3H3. The van der Waals surface area contributed by atoms with E-state index in [0.717, 1.165) is 7.11 Å². The number of hydrogen-bond acceptors (Lipinski definition) is 4. The number of esters is 1. The Labute approximate surface area is 95.3 Å². The molecule has 0 atom stereocenters. The third-order valence-electron chi connectivity index (χ3n) is 2.16. The van der Waals surface area contributed by atoms with Crippen LogP contribution in [-0.4, -0.2) is 22.9 Å². The average molecular weight is 251 g/mol. The lowest BCUT2D eigenvalue weighted by Gasteiger charge is -2.09. The highest BCUT2D eigenvalue weighted by Crippen LogP contribution is 2.32. The van der Waals surface area contributed by atoms with Gasteiger partial charge in [-0.3, -0.25) is 0 Å². The van der Waals surface area contributed by atoms with Crippen LogP contribution in [0.1, 0.15) is 35.8 Å². The summed E-state index contributed by atoms with van der Waals surface area (Å²) in [5.41, 5.74) is 4.99. The Morgan fingerprint density at radius 3 is 2.35 bits per heavy atom. The van der Waals surface area contributed by atoms with E-state index in [1.165, 1.54) is 0 Å². The van der Waals surface area contributed by atoms with Crippen molar-refractivity contribution >= 4 is 11.8 Å². The zero-order valence-corrected chi connectivity index (χ0v) is 9.50. The highest BCUT2D eigenvalue weighted by Gasteiger charge is 2.38. The number of anilines is 1. The fourth-order valence-corrected chi connectivity index (χ4v) is 1.45. The molecule has 8 heteroatoms. The number of nitrogens with two attached hydrogens (primary N) is 1. The molecule has 0 radical (unpaired) electrons. The predicted molar refractivity (Wildman–Crippen MR) is 53.4 cm³/mol. The average Bonchev–Trinajstić information content (AvgIpc) is 2.54. The molecule has 1 rings (SSSR count). The van der Waals surface area contributed by atoms with Crippen molar-refractivity contribution in [3.05, 3.63) is 11.3 Å². The molecular formula is C9H12F3N3O2. The third kappa shape index (κ3) is 2.34. The molecule has 1 heterocycles. The summed E-state index contributed by atoms with van der Waals surface area (Å²) in [6, 6.07) is 0. The Bertz CT molecular complexity index is 437. The Morgan fingerprint density at radius 2 is 2.00 bits per heavy atom. The maximum absolute atomic E-state index is 12.5. The van der Waals surface area contributed by atoms with Gasteiger partial charge in [0.1, 0.15) is 5.82 Å². The Balaban J connectivity index is 3.46. The van der Waals surface area contributed by atoms with Crippen LogP contribution >= 0.6 is 0 Å². The SMILES string of the molecule is COC(=O)c1nn(C(F)(F)F)c(N)c1C(C)C. The van der Waals surface area contributed by atoms with Crippen LogP contribution in [0.15, 0.2) is 0 Å². The second-order valence-electron chi connectivity index (χ2n) is 3.67.